The van der Waals surface area contributed by atoms with Crippen molar-refractivity contribution < 1.29 is 0 Å². The van der Waals surface area contributed by atoms with E-state index in [1.165, 1.54) is 64.5 Å². The Balaban J connectivity index is 1.90. The van der Waals surface area contributed by atoms with Crippen LogP contribution in [0.25, 0.3) is 0 Å². The molecule has 0 aromatic carbocycles. The van der Waals surface area contributed by atoms with Crippen LogP contribution >= 0.6 is 0 Å². The van der Waals surface area contributed by atoms with Crippen LogP contribution in [0, 0.1) is 0 Å². The van der Waals surface area contributed by atoms with Crippen molar-refractivity contribution in [3.05, 3.63) is 0 Å². The minimum atomic E-state index is 0.443. The van der Waals surface area contributed by atoms with Crippen molar-refractivity contribution in [2.75, 3.05) is 19.6 Å². The third-order valence-corrected chi connectivity index (χ3v) is 3.37. The Morgan fingerprint density at radius 1 is 1.13 bits per heavy atom. The molecule has 0 aromatic heterocycles. The van der Waals surface area contributed by atoms with Gasteiger partial charge in [-0.05, 0) is 32.4 Å². The average Bonchev–Trinajstić information content (AvgIpc) is 2.23. The molecule has 2 N–H and O–H groups in total. The van der Waals surface area contributed by atoms with Gasteiger partial charge < -0.3 is 10.6 Å². The fourth-order valence-electron chi connectivity index (χ4n) is 2.41. The number of hydrogen-bond donors (Lipinski definition) is 1. The van der Waals surface area contributed by atoms with Crippen LogP contribution in [0.15, 0.2) is 0 Å². The highest BCUT2D eigenvalue weighted by Gasteiger charge is 2.15. The molecule has 2 heteroatoms. The molecule has 15 heavy (non-hydrogen) atoms. The molecular weight excluding hydrogens is 184 g/mol. The number of nitrogens with zero attached hydrogens (tertiary/aromatic N) is 1. The van der Waals surface area contributed by atoms with E-state index in [1.807, 2.05) is 0 Å². The van der Waals surface area contributed by atoms with E-state index in [9.17, 15) is 0 Å². The lowest BCUT2D eigenvalue weighted by molar-refractivity contribution is 0.205. The third kappa shape index (κ3) is 6.16. The quantitative estimate of drug-likeness (QED) is 0.658. The Kier molecular flexibility index (Phi) is 7.03. The van der Waals surface area contributed by atoms with Crippen LogP contribution in [0.3, 0.4) is 0 Å². The Bertz CT molecular complexity index is 147. The zero-order valence-corrected chi connectivity index (χ0v) is 10.4. The predicted octanol–water partition coefficient (Wildman–Crippen LogP) is 2.77. The van der Waals surface area contributed by atoms with E-state index in [2.05, 4.69) is 11.8 Å². The van der Waals surface area contributed by atoms with Crippen LogP contribution < -0.4 is 5.73 Å². The van der Waals surface area contributed by atoms with Crippen molar-refractivity contribution in [1.82, 2.24) is 4.90 Å². The summed E-state index contributed by atoms with van der Waals surface area (Å²) in [6, 6.07) is 0.443. The molecule has 0 spiro atoms. The third-order valence-electron chi connectivity index (χ3n) is 3.37. The van der Waals surface area contributed by atoms with Crippen LogP contribution in [-0.2, 0) is 0 Å². The fraction of sp³-hybridized carbons (Fsp3) is 1.00. The Labute approximate surface area is 95.2 Å². The molecular formula is C13H28N2. The highest BCUT2D eigenvalue weighted by atomic mass is 15.1. The molecule has 0 unspecified atom stereocenters. The van der Waals surface area contributed by atoms with Gasteiger partial charge >= 0.3 is 0 Å². The van der Waals surface area contributed by atoms with Crippen LogP contribution in [0.1, 0.15) is 58.3 Å². The lowest BCUT2D eigenvalue weighted by Crippen LogP contribution is -2.43. The minimum Gasteiger partial charge on any atom is -0.327 e. The van der Waals surface area contributed by atoms with Gasteiger partial charge in [0, 0.05) is 12.6 Å². The summed E-state index contributed by atoms with van der Waals surface area (Å²) in [5.41, 5.74) is 5.95. The molecule has 0 amide bonds. The summed E-state index contributed by atoms with van der Waals surface area (Å²) in [6.07, 6.45) is 10.9. The van der Waals surface area contributed by atoms with E-state index >= 15 is 0 Å². The summed E-state index contributed by atoms with van der Waals surface area (Å²) >= 11 is 0. The van der Waals surface area contributed by atoms with E-state index in [0.717, 1.165) is 6.54 Å². The first-order chi connectivity index (χ1) is 7.33. The maximum absolute atomic E-state index is 5.95. The second-order valence-corrected chi connectivity index (χ2v) is 4.97. The molecule has 1 aliphatic heterocycles. The van der Waals surface area contributed by atoms with Crippen molar-refractivity contribution in [2.45, 2.75) is 64.3 Å². The summed E-state index contributed by atoms with van der Waals surface area (Å²) in [5, 5.41) is 0. The highest BCUT2D eigenvalue weighted by molar-refractivity contribution is 4.74. The van der Waals surface area contributed by atoms with Gasteiger partial charge in [0.25, 0.3) is 0 Å². The molecule has 0 aromatic rings. The molecule has 1 fully saturated rings. The number of hydrogen-bond acceptors (Lipinski definition) is 2. The topological polar surface area (TPSA) is 29.3 Å². The number of nitrogens with two attached hydrogens (primary N) is 1. The minimum absolute atomic E-state index is 0.443. The van der Waals surface area contributed by atoms with Gasteiger partial charge in [-0.15, -0.1) is 0 Å². The molecule has 0 radical (unpaired) electrons. The molecule has 0 saturated carbocycles. The van der Waals surface area contributed by atoms with Crippen molar-refractivity contribution in [3.8, 4) is 0 Å². The largest absolute Gasteiger partial charge is 0.327 e. The molecule has 1 atom stereocenters. The van der Waals surface area contributed by atoms with Gasteiger partial charge in [-0.2, -0.15) is 0 Å². The van der Waals surface area contributed by atoms with Crippen LogP contribution in [0.2, 0.25) is 0 Å². The van der Waals surface area contributed by atoms with E-state index in [0.29, 0.717) is 6.04 Å². The Morgan fingerprint density at radius 3 is 2.60 bits per heavy atom. The van der Waals surface area contributed by atoms with E-state index < -0.39 is 0 Å². The van der Waals surface area contributed by atoms with Gasteiger partial charge in [-0.1, -0.05) is 39.0 Å². The second kappa shape index (κ2) is 8.12. The summed E-state index contributed by atoms with van der Waals surface area (Å²) in [4.78, 5) is 2.55. The molecule has 1 aliphatic rings. The van der Waals surface area contributed by atoms with Gasteiger partial charge in [0.2, 0.25) is 0 Å². The van der Waals surface area contributed by atoms with Gasteiger partial charge in [-0.3, -0.25) is 0 Å². The average molecular weight is 212 g/mol. The Hall–Kier alpha value is -0.0800. The zero-order valence-electron chi connectivity index (χ0n) is 10.4. The molecule has 0 aliphatic carbocycles. The number of unbranched alkanes of at least 4 members (excludes halogenated alkanes) is 5. The maximum Gasteiger partial charge on any atom is 0.0168 e. The number of rotatable bonds is 7. The Morgan fingerprint density at radius 2 is 1.87 bits per heavy atom. The summed E-state index contributed by atoms with van der Waals surface area (Å²) in [5.74, 6) is 0. The molecule has 0 bridgehead atoms. The van der Waals surface area contributed by atoms with E-state index in [4.69, 9.17) is 5.73 Å². The van der Waals surface area contributed by atoms with E-state index in [-0.39, 0.29) is 0 Å². The summed E-state index contributed by atoms with van der Waals surface area (Å²) in [6.45, 7) is 5.96. The van der Waals surface area contributed by atoms with Crippen molar-refractivity contribution in [3.63, 3.8) is 0 Å². The molecule has 90 valence electrons. The van der Waals surface area contributed by atoms with Gasteiger partial charge in [-0.25, -0.2) is 0 Å². The van der Waals surface area contributed by atoms with Crippen molar-refractivity contribution in [2.24, 2.45) is 5.73 Å². The van der Waals surface area contributed by atoms with Crippen LogP contribution in [0.4, 0.5) is 0 Å². The smallest absolute Gasteiger partial charge is 0.0168 e. The lowest BCUT2D eigenvalue weighted by Gasteiger charge is -2.30. The zero-order chi connectivity index (χ0) is 10.9. The van der Waals surface area contributed by atoms with E-state index in [1.54, 1.807) is 0 Å². The van der Waals surface area contributed by atoms with Gasteiger partial charge in [0.1, 0.15) is 0 Å². The highest BCUT2D eigenvalue weighted by Crippen LogP contribution is 2.10. The normalized spacial score (nSPS) is 23.2. The van der Waals surface area contributed by atoms with Crippen LogP contribution in [-0.4, -0.2) is 30.6 Å². The molecule has 1 saturated heterocycles. The second-order valence-electron chi connectivity index (χ2n) is 4.97. The fourth-order valence-corrected chi connectivity index (χ4v) is 2.41. The lowest BCUT2D eigenvalue weighted by atomic mass is 10.1. The number of likely N-dealkylation sites (tertiary alicyclic amines) is 1. The van der Waals surface area contributed by atoms with Crippen molar-refractivity contribution in [1.29, 1.82) is 0 Å². The summed E-state index contributed by atoms with van der Waals surface area (Å²) < 4.78 is 0. The summed E-state index contributed by atoms with van der Waals surface area (Å²) in [7, 11) is 0. The molecule has 1 rings (SSSR count). The first kappa shape index (κ1) is 13.0. The molecule has 1 heterocycles. The first-order valence-corrected chi connectivity index (χ1v) is 6.81. The SMILES string of the molecule is CCCCCCCCN1CCC[C@H](N)C1. The van der Waals surface area contributed by atoms with Crippen molar-refractivity contribution >= 4 is 0 Å². The monoisotopic (exact) mass is 212 g/mol. The maximum atomic E-state index is 5.95. The van der Waals surface area contributed by atoms with Gasteiger partial charge in [0.15, 0.2) is 0 Å². The number of piperidine rings is 1. The predicted molar refractivity (Wildman–Crippen MR) is 67.0 cm³/mol. The van der Waals surface area contributed by atoms with Crippen LogP contribution in [0.5, 0.6) is 0 Å². The van der Waals surface area contributed by atoms with Gasteiger partial charge in [0.05, 0.1) is 0 Å². The first-order valence-electron chi connectivity index (χ1n) is 6.81. The standard InChI is InChI=1S/C13H28N2/c1-2-3-4-5-6-7-10-15-11-8-9-13(14)12-15/h13H,2-12,14H2,1H3/t13-/m0/s1. The molecule has 2 nitrogen and oxygen atoms in total.